The van der Waals surface area contributed by atoms with Crippen molar-refractivity contribution in [3.05, 3.63) is 70.8 Å². The molecule has 104 valence electrons. The maximum absolute atomic E-state index is 12.5. The predicted molar refractivity (Wildman–Crippen MR) is 82.8 cm³/mol. The van der Waals surface area contributed by atoms with Crippen molar-refractivity contribution in [1.29, 1.82) is 0 Å². The van der Waals surface area contributed by atoms with E-state index >= 15 is 0 Å². The number of nitrogens with zero attached hydrogens (tertiary/aromatic N) is 1. The number of carbonyl (C=O) groups excluding carboxylic acids is 1. The van der Waals surface area contributed by atoms with Crippen molar-refractivity contribution >= 4 is 5.91 Å². The van der Waals surface area contributed by atoms with E-state index in [0.29, 0.717) is 13.1 Å². The fraction of sp³-hybridized carbons (Fsp3) is 0.278. The van der Waals surface area contributed by atoms with E-state index in [1.54, 1.807) is 0 Å². The molecular formula is C18H21NO. The Bertz CT molecular complexity index is 587. The van der Waals surface area contributed by atoms with Gasteiger partial charge in [-0.25, -0.2) is 0 Å². The van der Waals surface area contributed by atoms with Crippen LogP contribution in [0, 0.1) is 13.8 Å². The summed E-state index contributed by atoms with van der Waals surface area (Å²) in [4.78, 5) is 14.4. The molecule has 0 saturated carbocycles. The minimum atomic E-state index is 0.0933. The quantitative estimate of drug-likeness (QED) is 0.821. The van der Waals surface area contributed by atoms with Crippen LogP contribution in [0.2, 0.25) is 0 Å². The average Bonchev–Trinajstić information content (AvgIpc) is 2.46. The lowest BCUT2D eigenvalue weighted by Crippen LogP contribution is -2.30. The van der Waals surface area contributed by atoms with Crippen LogP contribution in [-0.2, 0) is 6.54 Å². The molecule has 0 aromatic heterocycles. The van der Waals surface area contributed by atoms with Crippen molar-refractivity contribution in [2.45, 2.75) is 27.3 Å². The van der Waals surface area contributed by atoms with Gasteiger partial charge in [-0.2, -0.15) is 0 Å². The number of aryl methyl sites for hydroxylation is 2. The van der Waals surface area contributed by atoms with Crippen molar-refractivity contribution in [3.63, 3.8) is 0 Å². The molecule has 2 heteroatoms. The van der Waals surface area contributed by atoms with E-state index < -0.39 is 0 Å². The summed E-state index contributed by atoms with van der Waals surface area (Å²) in [6.45, 7) is 7.50. The molecule has 1 amide bonds. The highest BCUT2D eigenvalue weighted by molar-refractivity contribution is 5.94. The topological polar surface area (TPSA) is 20.3 Å². The van der Waals surface area contributed by atoms with Crippen molar-refractivity contribution in [3.8, 4) is 0 Å². The fourth-order valence-corrected chi connectivity index (χ4v) is 2.20. The second kappa shape index (κ2) is 6.38. The molecule has 0 aliphatic rings. The Morgan fingerprint density at radius 3 is 2.25 bits per heavy atom. The predicted octanol–water partition coefficient (Wildman–Crippen LogP) is 3.97. The standard InChI is InChI=1S/C18H21NO/c1-4-19(13-17-8-6-5-7-15(17)3)18(20)16-11-9-14(2)10-12-16/h5-12H,4,13H2,1-3H3. The van der Waals surface area contributed by atoms with Crippen LogP contribution in [0.3, 0.4) is 0 Å². The smallest absolute Gasteiger partial charge is 0.254 e. The SMILES string of the molecule is CCN(Cc1ccccc1C)C(=O)c1ccc(C)cc1. The molecule has 0 fully saturated rings. The number of amides is 1. The Hall–Kier alpha value is -2.09. The van der Waals surface area contributed by atoms with Crippen molar-refractivity contribution < 1.29 is 4.79 Å². The molecule has 0 N–H and O–H groups in total. The van der Waals surface area contributed by atoms with Gasteiger partial charge in [-0.3, -0.25) is 4.79 Å². The highest BCUT2D eigenvalue weighted by Gasteiger charge is 2.14. The zero-order chi connectivity index (χ0) is 14.5. The summed E-state index contributed by atoms with van der Waals surface area (Å²) in [5.41, 5.74) is 4.35. The van der Waals surface area contributed by atoms with Crippen LogP contribution in [0.15, 0.2) is 48.5 Å². The van der Waals surface area contributed by atoms with Crippen molar-refractivity contribution in [2.24, 2.45) is 0 Å². The molecule has 0 saturated heterocycles. The normalized spacial score (nSPS) is 10.3. The molecular weight excluding hydrogens is 246 g/mol. The Morgan fingerprint density at radius 2 is 1.65 bits per heavy atom. The van der Waals surface area contributed by atoms with Crippen LogP contribution in [0.25, 0.3) is 0 Å². The largest absolute Gasteiger partial charge is 0.335 e. The Balaban J connectivity index is 2.18. The molecule has 0 heterocycles. The zero-order valence-corrected chi connectivity index (χ0v) is 12.4. The number of rotatable bonds is 4. The minimum absolute atomic E-state index is 0.0933. The first-order chi connectivity index (χ1) is 9.61. The molecule has 0 unspecified atom stereocenters. The summed E-state index contributed by atoms with van der Waals surface area (Å²) in [6, 6.07) is 16.0. The van der Waals surface area contributed by atoms with Gasteiger partial charge in [-0.1, -0.05) is 42.0 Å². The molecule has 0 aliphatic carbocycles. The highest BCUT2D eigenvalue weighted by Crippen LogP contribution is 2.13. The number of hydrogen-bond acceptors (Lipinski definition) is 1. The Kier molecular flexibility index (Phi) is 4.57. The van der Waals surface area contributed by atoms with E-state index in [1.807, 2.05) is 55.1 Å². The fourth-order valence-electron chi connectivity index (χ4n) is 2.20. The van der Waals surface area contributed by atoms with E-state index in [-0.39, 0.29) is 5.91 Å². The summed E-state index contributed by atoms with van der Waals surface area (Å²) in [7, 11) is 0. The number of carbonyl (C=O) groups is 1. The van der Waals surface area contributed by atoms with E-state index in [2.05, 4.69) is 19.1 Å². The first kappa shape index (κ1) is 14.3. The van der Waals surface area contributed by atoms with Crippen LogP contribution >= 0.6 is 0 Å². The molecule has 0 aliphatic heterocycles. The molecule has 2 aromatic carbocycles. The van der Waals surface area contributed by atoms with Crippen LogP contribution in [0.5, 0.6) is 0 Å². The number of benzene rings is 2. The van der Waals surface area contributed by atoms with E-state index in [9.17, 15) is 4.79 Å². The van der Waals surface area contributed by atoms with Crippen LogP contribution in [0.1, 0.15) is 34.0 Å². The minimum Gasteiger partial charge on any atom is -0.335 e. The second-order valence-electron chi connectivity index (χ2n) is 5.11. The molecule has 2 aromatic rings. The monoisotopic (exact) mass is 267 g/mol. The lowest BCUT2D eigenvalue weighted by atomic mass is 10.1. The van der Waals surface area contributed by atoms with Gasteiger partial charge in [0, 0.05) is 18.7 Å². The maximum atomic E-state index is 12.5. The van der Waals surface area contributed by atoms with Gasteiger partial charge >= 0.3 is 0 Å². The van der Waals surface area contributed by atoms with Gasteiger partial charge in [0.2, 0.25) is 0 Å². The third-order valence-electron chi connectivity index (χ3n) is 3.59. The van der Waals surface area contributed by atoms with Crippen LogP contribution in [0.4, 0.5) is 0 Å². The summed E-state index contributed by atoms with van der Waals surface area (Å²) in [5, 5.41) is 0. The highest BCUT2D eigenvalue weighted by atomic mass is 16.2. The Labute approximate surface area is 121 Å². The summed E-state index contributed by atoms with van der Waals surface area (Å²) in [5.74, 6) is 0.0933. The third kappa shape index (κ3) is 3.27. The lowest BCUT2D eigenvalue weighted by Gasteiger charge is -2.22. The first-order valence-corrected chi connectivity index (χ1v) is 7.02. The second-order valence-corrected chi connectivity index (χ2v) is 5.11. The third-order valence-corrected chi connectivity index (χ3v) is 3.59. The molecule has 0 bridgehead atoms. The van der Waals surface area contributed by atoms with Gasteiger partial charge in [0.15, 0.2) is 0 Å². The van der Waals surface area contributed by atoms with Gasteiger partial charge in [-0.05, 0) is 44.0 Å². The van der Waals surface area contributed by atoms with E-state index in [1.165, 1.54) is 16.7 Å². The number of hydrogen-bond donors (Lipinski definition) is 0. The van der Waals surface area contributed by atoms with Gasteiger partial charge in [0.25, 0.3) is 5.91 Å². The summed E-state index contributed by atoms with van der Waals surface area (Å²) in [6.07, 6.45) is 0. The zero-order valence-electron chi connectivity index (χ0n) is 12.4. The van der Waals surface area contributed by atoms with Gasteiger partial charge in [0.1, 0.15) is 0 Å². The van der Waals surface area contributed by atoms with Gasteiger partial charge in [-0.15, -0.1) is 0 Å². The lowest BCUT2D eigenvalue weighted by molar-refractivity contribution is 0.0752. The van der Waals surface area contributed by atoms with Gasteiger partial charge in [0.05, 0.1) is 0 Å². The maximum Gasteiger partial charge on any atom is 0.254 e. The van der Waals surface area contributed by atoms with E-state index in [0.717, 1.165) is 5.56 Å². The molecule has 2 nitrogen and oxygen atoms in total. The van der Waals surface area contributed by atoms with Gasteiger partial charge < -0.3 is 4.90 Å². The van der Waals surface area contributed by atoms with Crippen molar-refractivity contribution in [1.82, 2.24) is 4.90 Å². The van der Waals surface area contributed by atoms with Crippen LogP contribution in [-0.4, -0.2) is 17.4 Å². The molecule has 2 rings (SSSR count). The summed E-state index contributed by atoms with van der Waals surface area (Å²) < 4.78 is 0. The molecule has 0 spiro atoms. The molecule has 0 radical (unpaired) electrons. The first-order valence-electron chi connectivity index (χ1n) is 7.02. The molecule has 0 atom stereocenters. The Morgan fingerprint density at radius 1 is 1.00 bits per heavy atom. The molecule has 20 heavy (non-hydrogen) atoms. The van der Waals surface area contributed by atoms with Crippen LogP contribution < -0.4 is 0 Å². The van der Waals surface area contributed by atoms with Crippen molar-refractivity contribution in [2.75, 3.05) is 6.54 Å². The average molecular weight is 267 g/mol. The summed E-state index contributed by atoms with van der Waals surface area (Å²) >= 11 is 0. The van der Waals surface area contributed by atoms with E-state index in [4.69, 9.17) is 0 Å².